The molecule has 13 aromatic rings. The minimum absolute atomic E-state index is 0.00423. The van der Waals surface area contributed by atoms with Crippen LogP contribution in [0.4, 0.5) is 11.4 Å². The Labute approximate surface area is 422 Å². The van der Waals surface area contributed by atoms with Crippen molar-refractivity contribution in [3.8, 4) is 0 Å². The fourth-order valence-corrected chi connectivity index (χ4v) is 15.8. The average molecular weight is 953 g/mol. The predicted molar refractivity (Wildman–Crippen MR) is 303 cm³/mol. The molecule has 0 amide bonds. The van der Waals surface area contributed by atoms with Crippen LogP contribution in [0.25, 0.3) is 125 Å². The van der Waals surface area contributed by atoms with E-state index in [0.29, 0.717) is 0 Å². The lowest BCUT2D eigenvalue weighted by Crippen LogP contribution is -2.33. The SMILES string of the molecule is O=C1C2C=CC3=C4C2=C(C=CC4c2ccc4c5c(N6CCCCC6)cc6c7ccc8c9c(ccc(c%10ccc(c%11c(N%12CCCCC%12)cc3c2c4%11)c5c%106)c79)c(=O)n2c3ccccc3nc82)c2nc3ccccc3n21. The molecule has 0 bridgehead atoms. The zero-order valence-electron chi connectivity index (χ0n) is 40.4. The summed E-state index contributed by atoms with van der Waals surface area (Å²) in [5, 5.41) is 19.4. The Bertz CT molecular complexity index is 5030. The number of hydrogen-bond acceptors (Lipinski definition) is 6. The van der Waals surface area contributed by atoms with Gasteiger partial charge in [0.1, 0.15) is 11.5 Å². The number of anilines is 2. The number of carbonyl (C=O) groups is 1. The highest BCUT2D eigenvalue weighted by molar-refractivity contribution is 6.47. The molecule has 3 aliphatic heterocycles. The van der Waals surface area contributed by atoms with Gasteiger partial charge in [0, 0.05) is 86.7 Å². The summed E-state index contributed by atoms with van der Waals surface area (Å²) in [6.45, 7) is 4.06. The number of carbonyl (C=O) groups excluding carboxylic acids is 1. The number of rotatable bonds is 2. The highest BCUT2D eigenvalue weighted by atomic mass is 16.2. The molecule has 2 unspecified atom stereocenters. The normalized spacial score (nSPS) is 19.7. The molecule has 2 saturated heterocycles. The first kappa shape index (κ1) is 39.0. The van der Waals surface area contributed by atoms with Crippen molar-refractivity contribution in [2.45, 2.75) is 44.4 Å². The van der Waals surface area contributed by atoms with Gasteiger partial charge in [-0.15, -0.1) is 0 Å². The van der Waals surface area contributed by atoms with Crippen LogP contribution in [0.1, 0.15) is 66.2 Å². The van der Waals surface area contributed by atoms with Crippen molar-refractivity contribution in [3.63, 3.8) is 0 Å². The van der Waals surface area contributed by atoms with Crippen LogP contribution in [0, 0.1) is 5.92 Å². The summed E-state index contributed by atoms with van der Waals surface area (Å²) in [7, 11) is 0. The Morgan fingerprint density at radius 2 is 1.00 bits per heavy atom. The fourth-order valence-electron chi connectivity index (χ4n) is 15.8. The van der Waals surface area contributed by atoms with Crippen molar-refractivity contribution in [2.24, 2.45) is 5.92 Å². The summed E-state index contributed by atoms with van der Waals surface area (Å²) >= 11 is 0. The molecular weight excluding hydrogens is 909 g/mol. The molecule has 8 heteroatoms. The lowest BCUT2D eigenvalue weighted by molar-refractivity contribution is 0.0878. The zero-order valence-corrected chi connectivity index (χ0v) is 40.4. The lowest BCUT2D eigenvalue weighted by Gasteiger charge is -2.41. The largest absolute Gasteiger partial charge is 0.371 e. The molecule has 3 aromatic heterocycles. The molecule has 10 aromatic carbocycles. The van der Waals surface area contributed by atoms with Crippen LogP contribution in [-0.4, -0.2) is 51.0 Å². The molecule has 6 aliphatic rings. The summed E-state index contributed by atoms with van der Waals surface area (Å²) in [4.78, 5) is 45.1. The van der Waals surface area contributed by atoms with Crippen LogP contribution in [0.3, 0.4) is 0 Å². The Kier molecular flexibility index (Phi) is 7.01. The van der Waals surface area contributed by atoms with E-state index in [4.69, 9.17) is 9.97 Å². The van der Waals surface area contributed by atoms with Gasteiger partial charge in [0.25, 0.3) is 5.56 Å². The first-order chi connectivity index (χ1) is 36.6. The lowest BCUT2D eigenvalue weighted by atomic mass is 9.64. The van der Waals surface area contributed by atoms with E-state index in [1.807, 2.05) is 57.5 Å². The zero-order chi connectivity index (χ0) is 48.0. The van der Waals surface area contributed by atoms with Crippen LogP contribution >= 0.6 is 0 Å². The quantitative estimate of drug-likeness (QED) is 0.127. The number of imidazole rings is 2. The van der Waals surface area contributed by atoms with Crippen molar-refractivity contribution in [2.75, 3.05) is 36.0 Å². The van der Waals surface area contributed by atoms with Crippen LogP contribution in [-0.2, 0) is 0 Å². The summed E-state index contributed by atoms with van der Waals surface area (Å²) in [5.41, 5.74) is 14.0. The van der Waals surface area contributed by atoms with Crippen molar-refractivity contribution in [1.29, 1.82) is 0 Å². The number of benzene rings is 10. The minimum Gasteiger partial charge on any atom is -0.371 e. The average Bonchev–Trinajstić information content (AvgIpc) is 4.17. The van der Waals surface area contributed by atoms with E-state index in [9.17, 15) is 9.59 Å². The molecule has 3 aliphatic carbocycles. The monoisotopic (exact) mass is 952 g/mol. The molecule has 74 heavy (non-hydrogen) atoms. The third-order valence-corrected chi connectivity index (χ3v) is 18.8. The highest BCUT2D eigenvalue weighted by Crippen LogP contribution is 2.60. The van der Waals surface area contributed by atoms with Gasteiger partial charge in [0.05, 0.1) is 28.0 Å². The van der Waals surface area contributed by atoms with E-state index in [1.165, 1.54) is 124 Å². The molecule has 0 saturated carbocycles. The predicted octanol–water partition coefficient (Wildman–Crippen LogP) is 14.4. The summed E-state index contributed by atoms with van der Waals surface area (Å²) in [6, 6.07) is 39.9. The van der Waals surface area contributed by atoms with Crippen molar-refractivity contribution >= 4 is 142 Å². The Morgan fingerprint density at radius 1 is 0.446 bits per heavy atom. The molecule has 2 fully saturated rings. The maximum Gasteiger partial charge on any atom is 0.264 e. The molecule has 0 N–H and O–H groups in total. The highest BCUT2D eigenvalue weighted by Gasteiger charge is 2.45. The van der Waals surface area contributed by atoms with Crippen LogP contribution < -0.4 is 15.4 Å². The van der Waals surface area contributed by atoms with Crippen LogP contribution in [0.5, 0.6) is 0 Å². The van der Waals surface area contributed by atoms with Gasteiger partial charge in [0.15, 0.2) is 0 Å². The molecule has 0 radical (unpaired) electrons. The van der Waals surface area contributed by atoms with Gasteiger partial charge in [-0.3, -0.25) is 18.6 Å². The van der Waals surface area contributed by atoms with Gasteiger partial charge in [-0.05, 0) is 163 Å². The Morgan fingerprint density at radius 3 is 1.76 bits per heavy atom. The number of allylic oxidation sites excluding steroid dienone is 8. The van der Waals surface area contributed by atoms with Crippen molar-refractivity contribution < 1.29 is 4.79 Å². The van der Waals surface area contributed by atoms with Gasteiger partial charge in [-0.1, -0.05) is 85.0 Å². The van der Waals surface area contributed by atoms with E-state index >= 15 is 0 Å². The Balaban J connectivity index is 0.962. The van der Waals surface area contributed by atoms with Gasteiger partial charge >= 0.3 is 0 Å². The Hall–Kier alpha value is -8.62. The number of hydrogen-bond donors (Lipinski definition) is 0. The molecular formula is C66H44N6O2. The number of nitrogens with zero attached hydrogens (tertiary/aromatic N) is 6. The smallest absolute Gasteiger partial charge is 0.264 e. The number of aromatic nitrogens is 4. The second-order valence-corrected chi connectivity index (χ2v) is 22.2. The maximum absolute atomic E-state index is 14.8. The van der Waals surface area contributed by atoms with Gasteiger partial charge in [-0.2, -0.15) is 0 Å². The summed E-state index contributed by atoms with van der Waals surface area (Å²) in [6.07, 6.45) is 16.3. The molecule has 2 atom stereocenters. The number of pyridine rings is 1. The van der Waals surface area contributed by atoms with E-state index in [2.05, 4.69) is 94.8 Å². The van der Waals surface area contributed by atoms with Crippen molar-refractivity contribution in [3.05, 3.63) is 172 Å². The molecule has 350 valence electrons. The maximum atomic E-state index is 14.8. The molecule has 6 heterocycles. The number of fused-ring (bicyclic) bond motifs is 14. The molecule has 8 nitrogen and oxygen atoms in total. The van der Waals surface area contributed by atoms with Gasteiger partial charge < -0.3 is 9.80 Å². The first-order valence-electron chi connectivity index (χ1n) is 26.9. The topological polar surface area (TPSA) is 75.7 Å². The number of piperidine rings is 2. The number of para-hydroxylation sites is 4. The fraction of sp³-hybridized carbons (Fsp3) is 0.182. The second kappa shape index (κ2) is 13.3. The molecule has 19 rings (SSSR count). The third kappa shape index (κ3) is 4.45. The van der Waals surface area contributed by atoms with Gasteiger partial charge in [0.2, 0.25) is 5.91 Å². The van der Waals surface area contributed by atoms with E-state index in [1.54, 1.807) is 0 Å². The van der Waals surface area contributed by atoms with E-state index < -0.39 is 0 Å². The summed E-state index contributed by atoms with van der Waals surface area (Å²) < 4.78 is 3.69. The van der Waals surface area contributed by atoms with Gasteiger partial charge in [-0.25, -0.2) is 9.97 Å². The van der Waals surface area contributed by atoms with E-state index in [0.717, 1.165) is 105 Å². The van der Waals surface area contributed by atoms with Crippen LogP contribution in [0.15, 0.2) is 149 Å². The minimum atomic E-state index is -0.378. The standard InChI is InChI=1S/C66H44N6O2/c73-65-43-25-19-34-36-16-22-40-60-52(70-29-9-2-10-30-70)32-46-38-20-26-44-57-41(63-67-47-11-3-5-13-49(47)71(63)66(44)74)23-17-33(53(38)57)35-15-21-39(61(60)55(35)46)59-51(69-27-7-1-8-28-69)31-45(56(36)62(40)59)37-18-24-42(58(43)54(34)37)64-68-48-12-4-6-14-50(48)72(64)65/h3-6,11-26,31-33,44H,1-2,7-10,27-30H2. The molecule has 0 spiro atoms. The first-order valence-corrected chi connectivity index (χ1v) is 26.9. The second-order valence-electron chi connectivity index (χ2n) is 22.2. The van der Waals surface area contributed by atoms with Crippen molar-refractivity contribution in [1.82, 2.24) is 18.9 Å². The summed E-state index contributed by atoms with van der Waals surface area (Å²) in [5.74, 6) is 0.448. The van der Waals surface area contributed by atoms with Crippen LogP contribution in [0.2, 0.25) is 0 Å². The van der Waals surface area contributed by atoms with E-state index in [-0.39, 0.29) is 23.3 Å². The third-order valence-electron chi connectivity index (χ3n) is 18.8.